The fraction of sp³-hybridized carbons (Fsp3) is 0.318. The van der Waals surface area contributed by atoms with E-state index in [1.54, 1.807) is 36.4 Å². The molecule has 0 radical (unpaired) electrons. The Hall–Kier alpha value is -3.46. The van der Waals surface area contributed by atoms with E-state index >= 15 is 0 Å². The highest BCUT2D eigenvalue weighted by molar-refractivity contribution is 6.39. The predicted octanol–water partition coefficient (Wildman–Crippen LogP) is 1.66. The molecule has 1 aliphatic rings. The highest BCUT2D eigenvalue weighted by Crippen LogP contribution is 2.17. The minimum Gasteiger partial charge on any atom is -0.369 e. The molecule has 0 unspecified atom stereocenters. The van der Waals surface area contributed by atoms with Gasteiger partial charge < -0.3 is 20.9 Å². The van der Waals surface area contributed by atoms with Crippen LogP contribution >= 0.6 is 0 Å². The third kappa shape index (κ3) is 6.78. The fourth-order valence-electron chi connectivity index (χ4n) is 3.32. The molecule has 2 aromatic carbocycles. The first kappa shape index (κ1) is 22.2. The third-order valence-electron chi connectivity index (χ3n) is 4.95. The summed E-state index contributed by atoms with van der Waals surface area (Å²) in [5, 5.41) is 7.79. The van der Waals surface area contributed by atoms with Crippen LogP contribution in [0.2, 0.25) is 0 Å². The van der Waals surface area contributed by atoms with Gasteiger partial charge in [0.15, 0.2) is 0 Å². The van der Waals surface area contributed by atoms with E-state index in [0.29, 0.717) is 24.5 Å². The van der Waals surface area contributed by atoms with Gasteiger partial charge in [-0.25, -0.2) is 4.39 Å². The maximum absolute atomic E-state index is 13.1. The van der Waals surface area contributed by atoms with Gasteiger partial charge in [0.2, 0.25) is 5.91 Å². The van der Waals surface area contributed by atoms with Crippen LogP contribution in [-0.2, 0) is 14.4 Å². The molecule has 9 heteroatoms. The molecule has 31 heavy (non-hydrogen) atoms. The van der Waals surface area contributed by atoms with E-state index in [1.807, 2.05) is 0 Å². The Kier molecular flexibility index (Phi) is 7.55. The Morgan fingerprint density at radius 1 is 0.839 bits per heavy atom. The molecule has 1 aliphatic heterocycles. The van der Waals surface area contributed by atoms with Gasteiger partial charge in [-0.15, -0.1) is 0 Å². The van der Waals surface area contributed by atoms with Crippen molar-refractivity contribution >= 4 is 34.8 Å². The van der Waals surface area contributed by atoms with Gasteiger partial charge in [-0.2, -0.15) is 0 Å². The van der Waals surface area contributed by atoms with Gasteiger partial charge in [-0.1, -0.05) is 0 Å². The Bertz CT molecular complexity index is 910. The average Bonchev–Trinajstić information content (AvgIpc) is 2.76. The summed E-state index contributed by atoms with van der Waals surface area (Å²) in [5.74, 6) is -1.87. The Morgan fingerprint density at radius 3 is 2.00 bits per heavy atom. The fourth-order valence-corrected chi connectivity index (χ4v) is 3.32. The van der Waals surface area contributed by atoms with E-state index in [4.69, 9.17) is 0 Å². The smallest absolute Gasteiger partial charge is 0.313 e. The minimum absolute atomic E-state index is 0.187. The molecule has 0 aromatic heterocycles. The molecule has 0 bridgehead atoms. The van der Waals surface area contributed by atoms with Crippen LogP contribution in [0.25, 0.3) is 0 Å². The Labute approximate surface area is 180 Å². The van der Waals surface area contributed by atoms with E-state index in [2.05, 4.69) is 25.8 Å². The molecule has 8 nitrogen and oxygen atoms in total. The maximum Gasteiger partial charge on any atom is 0.313 e. The van der Waals surface area contributed by atoms with Crippen LogP contribution in [0, 0.1) is 5.82 Å². The quantitative estimate of drug-likeness (QED) is 0.610. The average molecular weight is 427 g/mol. The van der Waals surface area contributed by atoms with Gasteiger partial charge in [0.25, 0.3) is 0 Å². The predicted molar refractivity (Wildman–Crippen MR) is 117 cm³/mol. The van der Waals surface area contributed by atoms with Crippen LogP contribution in [-0.4, -0.2) is 61.9 Å². The number of hydrogen-bond donors (Lipinski definition) is 3. The number of carbonyl (C=O) groups is 3. The SMILES string of the molecule is CC(=O)Nc1ccc(NC(=O)C(=O)NCCN2CCN(c3ccc(F)cc3)CC2)cc1. The van der Waals surface area contributed by atoms with E-state index in [-0.39, 0.29) is 11.7 Å². The zero-order chi connectivity index (χ0) is 22.2. The van der Waals surface area contributed by atoms with Crippen molar-refractivity contribution in [1.29, 1.82) is 0 Å². The lowest BCUT2D eigenvalue weighted by molar-refractivity contribution is -0.136. The number of amides is 3. The molecule has 164 valence electrons. The molecule has 0 aliphatic carbocycles. The van der Waals surface area contributed by atoms with E-state index in [0.717, 1.165) is 31.9 Å². The minimum atomic E-state index is -0.742. The van der Waals surface area contributed by atoms with E-state index < -0.39 is 11.8 Å². The highest BCUT2D eigenvalue weighted by Gasteiger charge is 2.18. The molecule has 1 heterocycles. The molecule has 2 aromatic rings. The molecule has 0 saturated carbocycles. The van der Waals surface area contributed by atoms with Gasteiger partial charge in [-0.3, -0.25) is 19.3 Å². The molecular formula is C22H26FN5O3. The summed E-state index contributed by atoms with van der Waals surface area (Å²) in [6, 6.07) is 13.0. The first-order valence-corrected chi connectivity index (χ1v) is 10.1. The van der Waals surface area contributed by atoms with Crippen LogP contribution < -0.4 is 20.9 Å². The Balaban J connectivity index is 1.35. The normalized spacial score (nSPS) is 14.1. The maximum atomic E-state index is 13.1. The molecule has 0 atom stereocenters. The number of piperazine rings is 1. The monoisotopic (exact) mass is 427 g/mol. The van der Waals surface area contributed by atoms with Crippen LogP contribution in [0.1, 0.15) is 6.92 Å². The summed E-state index contributed by atoms with van der Waals surface area (Å²) in [4.78, 5) is 39.5. The lowest BCUT2D eigenvalue weighted by Crippen LogP contribution is -2.49. The van der Waals surface area contributed by atoms with Crippen molar-refractivity contribution in [3.63, 3.8) is 0 Å². The summed E-state index contributed by atoms with van der Waals surface area (Å²) >= 11 is 0. The molecule has 3 amide bonds. The molecule has 1 fully saturated rings. The lowest BCUT2D eigenvalue weighted by Gasteiger charge is -2.36. The van der Waals surface area contributed by atoms with Crippen LogP contribution in [0.4, 0.5) is 21.5 Å². The highest BCUT2D eigenvalue weighted by atomic mass is 19.1. The zero-order valence-electron chi connectivity index (χ0n) is 17.4. The first-order chi connectivity index (χ1) is 14.9. The first-order valence-electron chi connectivity index (χ1n) is 10.1. The molecular weight excluding hydrogens is 401 g/mol. The van der Waals surface area contributed by atoms with Gasteiger partial charge in [0, 0.05) is 63.3 Å². The number of benzene rings is 2. The van der Waals surface area contributed by atoms with Crippen molar-refractivity contribution in [1.82, 2.24) is 10.2 Å². The van der Waals surface area contributed by atoms with Crippen molar-refractivity contribution in [3.05, 3.63) is 54.3 Å². The van der Waals surface area contributed by atoms with E-state index in [1.165, 1.54) is 19.1 Å². The summed E-state index contributed by atoms with van der Waals surface area (Å²) in [7, 11) is 0. The van der Waals surface area contributed by atoms with Gasteiger partial charge in [-0.05, 0) is 48.5 Å². The third-order valence-corrected chi connectivity index (χ3v) is 4.95. The second-order valence-corrected chi connectivity index (χ2v) is 7.27. The summed E-state index contributed by atoms with van der Waals surface area (Å²) in [5.41, 5.74) is 2.07. The van der Waals surface area contributed by atoms with Crippen molar-refractivity contribution in [2.45, 2.75) is 6.92 Å². The zero-order valence-corrected chi connectivity index (χ0v) is 17.4. The number of halogens is 1. The summed E-state index contributed by atoms with van der Waals surface area (Å²) < 4.78 is 13.1. The number of anilines is 3. The number of nitrogens with zero attached hydrogens (tertiary/aromatic N) is 2. The standard InChI is InChI=1S/C22H26FN5O3/c1-16(29)25-18-4-6-19(7-5-18)26-22(31)21(30)24-10-11-27-12-14-28(15-13-27)20-8-2-17(23)3-9-20/h2-9H,10-15H2,1H3,(H,24,30)(H,25,29)(H,26,31). The van der Waals surface area contributed by atoms with Crippen molar-refractivity contribution in [2.24, 2.45) is 0 Å². The number of carbonyl (C=O) groups excluding carboxylic acids is 3. The number of nitrogens with one attached hydrogen (secondary N) is 3. The van der Waals surface area contributed by atoms with Crippen LogP contribution in [0.5, 0.6) is 0 Å². The van der Waals surface area contributed by atoms with Gasteiger partial charge in [0.05, 0.1) is 0 Å². The Morgan fingerprint density at radius 2 is 1.42 bits per heavy atom. The number of rotatable bonds is 6. The van der Waals surface area contributed by atoms with E-state index in [9.17, 15) is 18.8 Å². The second kappa shape index (κ2) is 10.5. The van der Waals surface area contributed by atoms with Crippen molar-refractivity contribution in [2.75, 3.05) is 54.8 Å². The summed E-state index contributed by atoms with van der Waals surface area (Å²) in [6.45, 7) is 5.68. The van der Waals surface area contributed by atoms with Crippen molar-refractivity contribution in [3.8, 4) is 0 Å². The van der Waals surface area contributed by atoms with Crippen molar-refractivity contribution < 1.29 is 18.8 Å². The topological polar surface area (TPSA) is 93.8 Å². The van der Waals surface area contributed by atoms with Gasteiger partial charge in [0.1, 0.15) is 5.82 Å². The molecule has 0 spiro atoms. The van der Waals surface area contributed by atoms with Crippen LogP contribution in [0.15, 0.2) is 48.5 Å². The number of hydrogen-bond acceptors (Lipinski definition) is 5. The molecule has 3 N–H and O–H groups in total. The van der Waals surface area contributed by atoms with Crippen LogP contribution in [0.3, 0.4) is 0 Å². The second-order valence-electron chi connectivity index (χ2n) is 7.27. The summed E-state index contributed by atoms with van der Waals surface area (Å²) in [6.07, 6.45) is 0. The lowest BCUT2D eigenvalue weighted by atomic mass is 10.2. The van der Waals surface area contributed by atoms with Gasteiger partial charge >= 0.3 is 11.8 Å². The largest absolute Gasteiger partial charge is 0.369 e. The molecule has 3 rings (SSSR count). The molecule has 1 saturated heterocycles.